The molecule has 0 saturated heterocycles. The molecule has 0 unspecified atom stereocenters. The molecule has 0 aromatic carbocycles. The van der Waals surface area contributed by atoms with E-state index in [9.17, 15) is 0 Å². The minimum Gasteiger partial charge on any atom is -0.0852 e. The second kappa shape index (κ2) is 8.14. The van der Waals surface area contributed by atoms with Crippen molar-refractivity contribution in [3.8, 4) is 0 Å². The molecule has 0 aromatic heterocycles. The molecule has 0 spiro atoms. The molecule has 0 rings (SSSR count). The molecular formula is C4H8S4. The van der Waals surface area contributed by atoms with Crippen LogP contribution in [0.3, 0.4) is 0 Å². The fraction of sp³-hybridized carbons (Fsp3) is 0.500. The van der Waals surface area contributed by atoms with Crippen LogP contribution in [0.1, 0.15) is 6.92 Å². The van der Waals surface area contributed by atoms with Crippen molar-refractivity contribution >= 4 is 41.2 Å². The lowest BCUT2D eigenvalue weighted by Gasteiger charge is -1.86. The Kier molecular flexibility index (Phi) is 9.30. The summed E-state index contributed by atoms with van der Waals surface area (Å²) in [4.78, 5) is 0. The van der Waals surface area contributed by atoms with Gasteiger partial charge in [0, 0.05) is 0 Å². The summed E-state index contributed by atoms with van der Waals surface area (Å²) in [6.07, 6.45) is 4.12. The van der Waals surface area contributed by atoms with Gasteiger partial charge in [0.15, 0.2) is 0 Å². The van der Waals surface area contributed by atoms with Crippen LogP contribution in [0.25, 0.3) is 0 Å². The van der Waals surface area contributed by atoms with E-state index in [4.69, 9.17) is 0 Å². The number of hydrogen-bond donors (Lipinski definition) is 0. The molecule has 0 fully saturated rings. The third kappa shape index (κ3) is 7.14. The van der Waals surface area contributed by atoms with Crippen molar-refractivity contribution in [2.75, 3.05) is 6.26 Å². The maximum Gasteiger partial charge on any atom is -0.00707 e. The molecule has 0 aliphatic heterocycles. The smallest absolute Gasteiger partial charge is 0.00707 e. The summed E-state index contributed by atoms with van der Waals surface area (Å²) < 4.78 is 0. The highest BCUT2D eigenvalue weighted by Crippen LogP contribution is 2.41. The predicted molar refractivity (Wildman–Crippen MR) is 51.1 cm³/mol. The second-order valence-electron chi connectivity index (χ2n) is 0.868. The van der Waals surface area contributed by atoms with Crippen molar-refractivity contribution in [2.24, 2.45) is 0 Å². The van der Waals surface area contributed by atoms with Crippen LogP contribution in [0.5, 0.6) is 0 Å². The molecular weight excluding hydrogens is 176 g/mol. The Morgan fingerprint density at radius 3 is 2.50 bits per heavy atom. The van der Waals surface area contributed by atoms with Gasteiger partial charge in [0.2, 0.25) is 0 Å². The maximum atomic E-state index is 2.08. The van der Waals surface area contributed by atoms with E-state index in [2.05, 4.69) is 11.7 Å². The van der Waals surface area contributed by atoms with Gasteiger partial charge in [-0.25, -0.2) is 0 Å². The van der Waals surface area contributed by atoms with Gasteiger partial charge in [0.25, 0.3) is 0 Å². The van der Waals surface area contributed by atoms with E-state index in [-0.39, 0.29) is 0 Å². The Bertz CT molecular complexity index is 61.1. The van der Waals surface area contributed by atoms with Crippen LogP contribution in [0.15, 0.2) is 11.5 Å². The van der Waals surface area contributed by atoms with E-state index >= 15 is 0 Å². The van der Waals surface area contributed by atoms with E-state index in [0.29, 0.717) is 0 Å². The van der Waals surface area contributed by atoms with Crippen molar-refractivity contribution in [2.45, 2.75) is 6.92 Å². The van der Waals surface area contributed by atoms with Crippen LogP contribution in [-0.4, -0.2) is 6.26 Å². The molecule has 0 bridgehead atoms. The first-order valence-electron chi connectivity index (χ1n) is 2.05. The number of rotatable bonds is 4. The molecule has 0 aromatic rings. The van der Waals surface area contributed by atoms with E-state index in [0.717, 1.165) is 0 Å². The molecule has 0 radical (unpaired) electrons. The van der Waals surface area contributed by atoms with Crippen LogP contribution >= 0.6 is 41.2 Å². The highest BCUT2D eigenvalue weighted by Gasteiger charge is 1.80. The van der Waals surface area contributed by atoms with E-state index in [1.165, 1.54) is 0 Å². The fourth-order valence-corrected chi connectivity index (χ4v) is 4.66. The topological polar surface area (TPSA) is 0 Å². The van der Waals surface area contributed by atoms with Crippen LogP contribution < -0.4 is 0 Å². The van der Waals surface area contributed by atoms with Gasteiger partial charge < -0.3 is 0 Å². The average Bonchev–Trinajstić information content (AvgIpc) is 1.81. The molecule has 0 amide bonds. The minimum atomic E-state index is 1.76. The Morgan fingerprint density at radius 1 is 1.25 bits per heavy atom. The van der Waals surface area contributed by atoms with Crippen molar-refractivity contribution in [1.82, 2.24) is 0 Å². The summed E-state index contributed by atoms with van der Waals surface area (Å²) in [6.45, 7) is 2.03. The van der Waals surface area contributed by atoms with E-state index in [1.54, 1.807) is 41.2 Å². The first-order valence-corrected chi connectivity index (χ1v) is 7.34. The quantitative estimate of drug-likeness (QED) is 0.481. The Balaban J connectivity index is 2.72. The molecule has 8 heavy (non-hydrogen) atoms. The van der Waals surface area contributed by atoms with E-state index < -0.39 is 0 Å². The largest absolute Gasteiger partial charge is 0.0852 e. The van der Waals surface area contributed by atoms with Gasteiger partial charge in [-0.3, -0.25) is 0 Å². The van der Waals surface area contributed by atoms with Gasteiger partial charge in [0.1, 0.15) is 0 Å². The molecule has 0 N–H and O–H groups in total. The second-order valence-corrected chi connectivity index (χ2v) is 6.78. The lowest BCUT2D eigenvalue weighted by molar-refractivity contribution is 1.79. The summed E-state index contributed by atoms with van der Waals surface area (Å²) in [7, 11) is 7.11. The van der Waals surface area contributed by atoms with Gasteiger partial charge in [-0.2, -0.15) is 0 Å². The zero-order valence-corrected chi connectivity index (χ0v) is 8.05. The normalized spacial score (nSPS) is 10.8. The van der Waals surface area contributed by atoms with Gasteiger partial charge >= 0.3 is 0 Å². The zero-order chi connectivity index (χ0) is 6.24. The molecule has 0 saturated carbocycles. The molecule has 4 heteroatoms. The molecule has 0 atom stereocenters. The van der Waals surface area contributed by atoms with E-state index in [1.807, 2.05) is 13.0 Å². The summed E-state index contributed by atoms with van der Waals surface area (Å²) in [5, 5.41) is 2.08. The fourth-order valence-electron chi connectivity index (χ4n) is 0.122. The van der Waals surface area contributed by atoms with Crippen LogP contribution in [0.2, 0.25) is 0 Å². The highest BCUT2D eigenvalue weighted by molar-refractivity contribution is 9.26. The Labute approximate surface area is 65.8 Å². The monoisotopic (exact) mass is 184 g/mol. The predicted octanol–water partition coefficient (Wildman–Crippen LogP) is 3.83. The lowest BCUT2D eigenvalue weighted by Crippen LogP contribution is -1.35. The summed E-state index contributed by atoms with van der Waals surface area (Å²) in [5.41, 5.74) is 0. The van der Waals surface area contributed by atoms with Crippen molar-refractivity contribution in [1.29, 1.82) is 0 Å². The standard InChI is InChI=1S/C4H8S4/c1-3-4-6-8-7-5-2/h3-4H,1-2H3. The SMILES string of the molecule is CC=CSSSSC. The molecule has 0 aliphatic rings. The first kappa shape index (κ1) is 9.14. The third-order valence-corrected chi connectivity index (χ3v) is 6.06. The highest BCUT2D eigenvalue weighted by atomic mass is 33.7. The first-order chi connectivity index (χ1) is 3.91. The average molecular weight is 184 g/mol. The summed E-state index contributed by atoms with van der Waals surface area (Å²) in [6, 6.07) is 0. The van der Waals surface area contributed by atoms with Crippen LogP contribution in [0.4, 0.5) is 0 Å². The van der Waals surface area contributed by atoms with Gasteiger partial charge in [-0.05, 0) is 38.2 Å². The van der Waals surface area contributed by atoms with Crippen molar-refractivity contribution < 1.29 is 0 Å². The van der Waals surface area contributed by atoms with Gasteiger partial charge in [-0.15, -0.1) is 0 Å². The van der Waals surface area contributed by atoms with Crippen molar-refractivity contribution in [3.05, 3.63) is 11.5 Å². The van der Waals surface area contributed by atoms with Crippen molar-refractivity contribution in [3.63, 3.8) is 0 Å². The Hall–Kier alpha value is 1.14. The number of hydrogen-bond acceptors (Lipinski definition) is 4. The summed E-state index contributed by atoms with van der Waals surface area (Å²) >= 11 is 0. The zero-order valence-electron chi connectivity index (χ0n) is 4.79. The van der Waals surface area contributed by atoms with Crippen LogP contribution in [-0.2, 0) is 0 Å². The summed E-state index contributed by atoms with van der Waals surface area (Å²) in [5.74, 6) is 0. The molecule has 0 nitrogen and oxygen atoms in total. The van der Waals surface area contributed by atoms with Crippen LogP contribution in [0, 0.1) is 0 Å². The molecule has 0 aliphatic carbocycles. The molecule has 0 heterocycles. The maximum absolute atomic E-state index is 2.08. The van der Waals surface area contributed by atoms with Gasteiger partial charge in [-0.1, -0.05) is 27.7 Å². The third-order valence-electron chi connectivity index (χ3n) is 0.327. The lowest BCUT2D eigenvalue weighted by atomic mass is 10.8. The Morgan fingerprint density at radius 2 is 2.00 bits per heavy atom. The van der Waals surface area contributed by atoms with Gasteiger partial charge in [0.05, 0.1) is 0 Å². The number of allylic oxidation sites excluding steroid dienone is 1. The minimum absolute atomic E-state index is 1.76. The molecule has 48 valence electrons.